The van der Waals surface area contributed by atoms with Crippen LogP contribution in [0.1, 0.15) is 47.0 Å². The third-order valence-electron chi connectivity index (χ3n) is 5.72. The van der Waals surface area contributed by atoms with E-state index in [0.717, 1.165) is 0 Å². The van der Waals surface area contributed by atoms with Crippen LogP contribution in [-0.2, 0) is 14.3 Å². The van der Waals surface area contributed by atoms with Crippen molar-refractivity contribution in [3.63, 3.8) is 0 Å². The molecule has 136 valence electrons. The summed E-state index contributed by atoms with van der Waals surface area (Å²) in [5.74, 6) is -1.30. The second kappa shape index (κ2) is 5.91. The van der Waals surface area contributed by atoms with Crippen molar-refractivity contribution in [2.75, 3.05) is 6.61 Å². The van der Waals surface area contributed by atoms with Crippen molar-refractivity contribution in [1.29, 1.82) is 0 Å². The summed E-state index contributed by atoms with van der Waals surface area (Å²) in [5, 5.41) is 41.8. The van der Waals surface area contributed by atoms with Gasteiger partial charge in [-0.2, -0.15) is 0 Å². The number of ether oxygens (including phenoxy) is 1. The van der Waals surface area contributed by atoms with Gasteiger partial charge in [0.25, 0.3) is 0 Å². The number of fused-ring (bicyclic) bond motifs is 1. The third kappa shape index (κ3) is 2.69. The van der Waals surface area contributed by atoms with E-state index >= 15 is 0 Å². The van der Waals surface area contributed by atoms with Crippen LogP contribution in [0.3, 0.4) is 0 Å². The van der Waals surface area contributed by atoms with Gasteiger partial charge in [0.05, 0.1) is 6.61 Å². The summed E-state index contributed by atoms with van der Waals surface area (Å²) in [4.78, 5) is 23.7. The second-order valence-corrected chi connectivity index (χ2v) is 7.43. The Morgan fingerprint density at radius 1 is 1.42 bits per heavy atom. The number of aliphatic hydroxyl groups excluding tert-OH is 2. The van der Waals surface area contributed by atoms with Crippen molar-refractivity contribution in [3.05, 3.63) is 11.1 Å². The lowest BCUT2D eigenvalue weighted by molar-refractivity contribution is -0.204. The predicted molar refractivity (Wildman–Crippen MR) is 83.9 cm³/mol. The van der Waals surface area contributed by atoms with Crippen LogP contribution < -0.4 is 0 Å². The van der Waals surface area contributed by atoms with Gasteiger partial charge in [0.1, 0.15) is 22.9 Å². The molecule has 0 amide bonds. The Kier molecular flexibility index (Phi) is 4.69. The molecule has 2 aliphatic rings. The monoisotopic (exact) mass is 342 g/mol. The Morgan fingerprint density at radius 2 is 2.00 bits per heavy atom. The molecule has 0 aromatic carbocycles. The van der Waals surface area contributed by atoms with Gasteiger partial charge in [-0.05, 0) is 44.8 Å². The zero-order valence-electron chi connectivity index (χ0n) is 14.5. The maximum absolute atomic E-state index is 12.2. The van der Waals surface area contributed by atoms with Crippen LogP contribution >= 0.6 is 0 Å². The van der Waals surface area contributed by atoms with Crippen molar-refractivity contribution in [3.8, 4) is 0 Å². The van der Waals surface area contributed by atoms with E-state index in [1.165, 1.54) is 13.8 Å². The largest absolute Gasteiger partial charge is 0.459 e. The number of carbonyl (C=O) groups is 2. The van der Waals surface area contributed by atoms with Crippen LogP contribution in [0.25, 0.3) is 0 Å². The number of allylic oxidation sites excluding steroid dienone is 1. The minimum Gasteiger partial charge on any atom is -0.459 e. The standard InChI is InChI=1S/C17H26O7/c1-9-12(20)7-11-13(9)14(21)17(23,16(4,22)8-18)6-5-15(11,3)24-10(2)19/h11,14,18,21-23H,5-8H2,1-4H3/t11-,14-,15-,16-,17+/m0/s1. The molecule has 0 aliphatic heterocycles. The number of aliphatic hydroxyl groups is 4. The molecule has 0 spiro atoms. The highest BCUT2D eigenvalue weighted by Crippen LogP contribution is 2.51. The summed E-state index contributed by atoms with van der Waals surface area (Å²) in [6.45, 7) is 4.93. The fraction of sp³-hybridized carbons (Fsp3) is 0.765. The first kappa shape index (κ1) is 19.1. The first-order valence-corrected chi connectivity index (χ1v) is 8.07. The highest BCUT2D eigenvalue weighted by atomic mass is 16.6. The van der Waals surface area contributed by atoms with Crippen LogP contribution in [0.2, 0.25) is 0 Å². The minimum absolute atomic E-state index is 0.0688. The Hall–Kier alpha value is -1.28. The third-order valence-corrected chi connectivity index (χ3v) is 5.72. The quantitative estimate of drug-likeness (QED) is 0.525. The summed E-state index contributed by atoms with van der Waals surface area (Å²) in [5.41, 5.74) is -4.57. The fourth-order valence-electron chi connectivity index (χ4n) is 3.97. The molecule has 0 aromatic rings. The van der Waals surface area contributed by atoms with Crippen molar-refractivity contribution >= 4 is 11.8 Å². The van der Waals surface area contributed by atoms with Gasteiger partial charge < -0.3 is 25.2 Å². The molecule has 2 aliphatic carbocycles. The number of carbonyl (C=O) groups excluding carboxylic acids is 2. The molecule has 2 rings (SSSR count). The molecule has 0 unspecified atom stereocenters. The second-order valence-electron chi connectivity index (χ2n) is 7.43. The SMILES string of the molecule is CC(=O)O[C@@]1(C)CC[C@](O)([C@@](C)(O)CO)[C@@H](O)C2=C(C)C(=O)C[C@@H]21. The zero-order valence-corrected chi connectivity index (χ0v) is 14.5. The van der Waals surface area contributed by atoms with E-state index in [2.05, 4.69) is 0 Å². The molecule has 0 bridgehead atoms. The van der Waals surface area contributed by atoms with Gasteiger partial charge in [-0.3, -0.25) is 9.59 Å². The average molecular weight is 342 g/mol. The van der Waals surface area contributed by atoms with Gasteiger partial charge in [-0.1, -0.05) is 0 Å². The predicted octanol–water partition coefficient (Wildman–Crippen LogP) is -0.157. The molecule has 0 saturated heterocycles. The summed E-state index contributed by atoms with van der Waals surface area (Å²) >= 11 is 0. The first-order chi connectivity index (χ1) is 10.9. The number of hydrogen-bond donors (Lipinski definition) is 4. The highest BCUT2D eigenvalue weighted by molar-refractivity contribution is 5.99. The Bertz CT molecular complexity index is 594. The Balaban J connectivity index is 2.61. The lowest BCUT2D eigenvalue weighted by Crippen LogP contribution is -2.61. The topological polar surface area (TPSA) is 124 Å². The van der Waals surface area contributed by atoms with E-state index in [0.29, 0.717) is 5.57 Å². The molecule has 24 heavy (non-hydrogen) atoms. The van der Waals surface area contributed by atoms with E-state index in [1.54, 1.807) is 13.8 Å². The Morgan fingerprint density at radius 3 is 2.50 bits per heavy atom. The van der Waals surface area contributed by atoms with Crippen LogP contribution in [0, 0.1) is 5.92 Å². The Labute approximate surface area is 140 Å². The zero-order chi connectivity index (χ0) is 18.5. The number of esters is 1. The molecular weight excluding hydrogens is 316 g/mol. The van der Waals surface area contributed by atoms with Crippen LogP contribution in [0.4, 0.5) is 0 Å². The number of rotatable bonds is 3. The fourth-order valence-corrected chi connectivity index (χ4v) is 3.97. The van der Waals surface area contributed by atoms with Crippen molar-refractivity contribution < 1.29 is 34.8 Å². The highest BCUT2D eigenvalue weighted by Gasteiger charge is 2.60. The van der Waals surface area contributed by atoms with E-state index in [4.69, 9.17) is 4.74 Å². The van der Waals surface area contributed by atoms with E-state index in [-0.39, 0.29) is 30.6 Å². The van der Waals surface area contributed by atoms with Crippen molar-refractivity contribution in [1.82, 2.24) is 0 Å². The molecule has 0 heterocycles. The van der Waals surface area contributed by atoms with Crippen LogP contribution in [-0.4, -0.2) is 61.7 Å². The molecule has 1 fully saturated rings. The number of Topliss-reactive ketones (excluding diaryl/α,β-unsaturated/α-hetero) is 1. The molecule has 7 nitrogen and oxygen atoms in total. The van der Waals surface area contributed by atoms with Gasteiger partial charge in [-0.15, -0.1) is 0 Å². The maximum Gasteiger partial charge on any atom is 0.303 e. The van der Waals surface area contributed by atoms with Crippen molar-refractivity contribution in [2.45, 2.75) is 69.9 Å². The molecule has 5 atom stereocenters. The smallest absolute Gasteiger partial charge is 0.303 e. The van der Waals surface area contributed by atoms with Gasteiger partial charge in [0, 0.05) is 19.3 Å². The molecule has 0 aromatic heterocycles. The summed E-state index contributed by atoms with van der Waals surface area (Å²) in [6, 6.07) is 0. The van der Waals surface area contributed by atoms with Crippen LogP contribution in [0.15, 0.2) is 11.1 Å². The van der Waals surface area contributed by atoms with Crippen LogP contribution in [0.5, 0.6) is 0 Å². The number of ketones is 1. The normalized spacial score (nSPS) is 39.2. The first-order valence-electron chi connectivity index (χ1n) is 8.07. The van der Waals surface area contributed by atoms with E-state index in [1.807, 2.05) is 0 Å². The summed E-state index contributed by atoms with van der Waals surface area (Å²) in [6.07, 6.45) is -1.45. The van der Waals surface area contributed by atoms with Crippen molar-refractivity contribution in [2.24, 2.45) is 5.92 Å². The summed E-state index contributed by atoms with van der Waals surface area (Å²) in [7, 11) is 0. The van der Waals surface area contributed by atoms with Gasteiger partial charge in [0.2, 0.25) is 0 Å². The lowest BCUT2D eigenvalue weighted by Gasteiger charge is -2.43. The van der Waals surface area contributed by atoms with Gasteiger partial charge in [-0.25, -0.2) is 0 Å². The van der Waals surface area contributed by atoms with Gasteiger partial charge >= 0.3 is 5.97 Å². The molecular formula is C17H26O7. The lowest BCUT2D eigenvalue weighted by atomic mass is 9.75. The number of hydrogen-bond acceptors (Lipinski definition) is 7. The molecule has 7 heteroatoms. The molecule has 0 radical (unpaired) electrons. The molecule has 4 N–H and O–H groups in total. The maximum atomic E-state index is 12.2. The van der Waals surface area contributed by atoms with E-state index in [9.17, 15) is 30.0 Å². The minimum atomic E-state index is -2.07. The van der Waals surface area contributed by atoms with E-state index < -0.39 is 41.4 Å². The average Bonchev–Trinajstić information content (AvgIpc) is 2.75. The summed E-state index contributed by atoms with van der Waals surface area (Å²) < 4.78 is 5.47. The van der Waals surface area contributed by atoms with Gasteiger partial charge in [0.15, 0.2) is 5.78 Å². The molecule has 1 saturated carbocycles.